The van der Waals surface area contributed by atoms with Crippen LogP contribution in [0.1, 0.15) is 51.9 Å². The van der Waals surface area contributed by atoms with Crippen molar-refractivity contribution in [3.8, 4) is 0 Å². The first-order chi connectivity index (χ1) is 8.55. The second kappa shape index (κ2) is 4.52. The highest BCUT2D eigenvalue weighted by Gasteiger charge is 2.43. The zero-order chi connectivity index (χ0) is 12.8. The topological polar surface area (TPSA) is 40.5 Å². The van der Waals surface area contributed by atoms with Crippen molar-refractivity contribution in [2.75, 3.05) is 13.1 Å². The quantitative estimate of drug-likeness (QED) is 0.776. The highest BCUT2D eigenvalue weighted by Crippen LogP contribution is 2.43. The number of carbonyl (C=O) groups is 1. The van der Waals surface area contributed by atoms with Gasteiger partial charge in [-0.15, -0.1) is 0 Å². The lowest BCUT2D eigenvalue weighted by Gasteiger charge is -2.47. The molecule has 3 unspecified atom stereocenters. The molecule has 1 aliphatic heterocycles. The minimum atomic E-state index is -0.627. The van der Waals surface area contributed by atoms with Crippen LogP contribution < -0.4 is 0 Å². The molecule has 1 amide bonds. The summed E-state index contributed by atoms with van der Waals surface area (Å²) in [6, 6.07) is 0. The minimum Gasteiger partial charge on any atom is -0.386 e. The summed E-state index contributed by atoms with van der Waals surface area (Å²) in [4.78, 5) is 14.2. The number of amides is 1. The monoisotopic (exact) mass is 251 g/mol. The standard InChI is InChI=1S/C15H25NO2/c1-15(18)9-16(10-15)14(17)13-7-6-11-4-2-3-5-12(11)8-13/h11-13,18H,2-10H2,1H3. The molecule has 1 saturated heterocycles. The molecule has 2 aliphatic carbocycles. The Morgan fingerprint density at radius 2 is 1.78 bits per heavy atom. The van der Waals surface area contributed by atoms with Crippen LogP contribution in [-0.2, 0) is 4.79 Å². The molecular weight excluding hydrogens is 226 g/mol. The van der Waals surface area contributed by atoms with Gasteiger partial charge in [-0.05, 0) is 38.0 Å². The first-order valence-corrected chi connectivity index (χ1v) is 7.56. The smallest absolute Gasteiger partial charge is 0.225 e. The van der Waals surface area contributed by atoms with Crippen LogP contribution in [0.3, 0.4) is 0 Å². The number of nitrogens with zero attached hydrogens (tertiary/aromatic N) is 1. The third kappa shape index (κ3) is 2.29. The highest BCUT2D eigenvalue weighted by molar-refractivity contribution is 5.80. The van der Waals surface area contributed by atoms with Crippen LogP contribution in [0, 0.1) is 17.8 Å². The maximum atomic E-state index is 12.4. The van der Waals surface area contributed by atoms with Crippen LogP contribution in [0.15, 0.2) is 0 Å². The third-order valence-corrected chi connectivity index (χ3v) is 5.26. The number of rotatable bonds is 1. The molecule has 0 aromatic heterocycles. The van der Waals surface area contributed by atoms with E-state index < -0.39 is 5.60 Å². The van der Waals surface area contributed by atoms with E-state index in [2.05, 4.69) is 0 Å². The number of hydrogen-bond donors (Lipinski definition) is 1. The Hall–Kier alpha value is -0.570. The van der Waals surface area contributed by atoms with Gasteiger partial charge in [0.05, 0.1) is 18.7 Å². The molecule has 3 fully saturated rings. The van der Waals surface area contributed by atoms with Crippen molar-refractivity contribution >= 4 is 5.91 Å². The summed E-state index contributed by atoms with van der Waals surface area (Å²) in [7, 11) is 0. The van der Waals surface area contributed by atoms with Gasteiger partial charge >= 0.3 is 0 Å². The van der Waals surface area contributed by atoms with E-state index in [1.807, 2.05) is 11.8 Å². The molecule has 0 aromatic carbocycles. The maximum absolute atomic E-state index is 12.4. The highest BCUT2D eigenvalue weighted by atomic mass is 16.3. The van der Waals surface area contributed by atoms with Gasteiger partial charge in [0, 0.05) is 5.92 Å². The fourth-order valence-corrected chi connectivity index (χ4v) is 4.29. The predicted octanol–water partition coefficient (Wildman–Crippen LogP) is 2.19. The number of carbonyl (C=O) groups excluding carboxylic acids is 1. The number of likely N-dealkylation sites (tertiary alicyclic amines) is 1. The Balaban J connectivity index is 1.56. The van der Waals surface area contributed by atoms with E-state index in [0.717, 1.165) is 24.7 Å². The molecule has 3 rings (SSSR count). The van der Waals surface area contributed by atoms with Crippen molar-refractivity contribution in [1.29, 1.82) is 0 Å². The molecule has 0 spiro atoms. The van der Waals surface area contributed by atoms with Gasteiger partial charge < -0.3 is 10.0 Å². The van der Waals surface area contributed by atoms with E-state index in [1.165, 1.54) is 32.1 Å². The van der Waals surface area contributed by atoms with E-state index in [0.29, 0.717) is 19.0 Å². The lowest BCUT2D eigenvalue weighted by molar-refractivity contribution is -0.158. The van der Waals surface area contributed by atoms with Gasteiger partial charge in [-0.25, -0.2) is 0 Å². The molecule has 102 valence electrons. The molecule has 1 heterocycles. The number of fused-ring (bicyclic) bond motifs is 1. The average molecular weight is 251 g/mol. The Kier molecular flexibility index (Phi) is 3.13. The van der Waals surface area contributed by atoms with Crippen LogP contribution in [0.5, 0.6) is 0 Å². The van der Waals surface area contributed by atoms with Gasteiger partial charge in [-0.2, -0.15) is 0 Å². The number of hydrogen-bond acceptors (Lipinski definition) is 2. The summed E-state index contributed by atoms with van der Waals surface area (Å²) in [6.45, 7) is 2.89. The van der Waals surface area contributed by atoms with E-state index in [9.17, 15) is 9.90 Å². The van der Waals surface area contributed by atoms with Crippen molar-refractivity contribution < 1.29 is 9.90 Å². The molecule has 0 bridgehead atoms. The number of β-amino-alcohol motifs (C(OH)–C–C–N with tert-alkyl or cyclic N) is 1. The molecule has 3 atom stereocenters. The zero-order valence-corrected chi connectivity index (χ0v) is 11.4. The number of aliphatic hydroxyl groups is 1. The summed E-state index contributed by atoms with van der Waals surface area (Å²) in [5.41, 5.74) is -0.627. The first-order valence-electron chi connectivity index (χ1n) is 7.56. The third-order valence-electron chi connectivity index (χ3n) is 5.26. The predicted molar refractivity (Wildman–Crippen MR) is 70.0 cm³/mol. The molecule has 0 aromatic rings. The summed E-state index contributed by atoms with van der Waals surface area (Å²) in [6.07, 6.45) is 8.94. The Labute approximate surface area is 110 Å². The molecule has 1 N–H and O–H groups in total. The second-order valence-corrected chi connectivity index (χ2v) is 7.01. The Bertz CT molecular complexity index is 331. The van der Waals surface area contributed by atoms with Gasteiger partial charge in [0.1, 0.15) is 0 Å². The van der Waals surface area contributed by atoms with Crippen LogP contribution in [0.4, 0.5) is 0 Å². The average Bonchev–Trinajstić information content (AvgIpc) is 2.34. The van der Waals surface area contributed by atoms with E-state index in [4.69, 9.17) is 0 Å². The minimum absolute atomic E-state index is 0.250. The SMILES string of the molecule is CC1(O)CN(C(=O)C2CCC3CCCCC3C2)C1. The van der Waals surface area contributed by atoms with Crippen molar-refractivity contribution in [1.82, 2.24) is 4.90 Å². The molecule has 3 aliphatic rings. The van der Waals surface area contributed by atoms with Gasteiger partial charge in [0.25, 0.3) is 0 Å². The van der Waals surface area contributed by atoms with E-state index in [-0.39, 0.29) is 5.92 Å². The molecule has 2 saturated carbocycles. The van der Waals surface area contributed by atoms with E-state index >= 15 is 0 Å². The van der Waals surface area contributed by atoms with Crippen molar-refractivity contribution in [3.05, 3.63) is 0 Å². The van der Waals surface area contributed by atoms with Crippen LogP contribution in [0.25, 0.3) is 0 Å². The molecule has 3 heteroatoms. The fraction of sp³-hybridized carbons (Fsp3) is 0.933. The summed E-state index contributed by atoms with van der Waals surface area (Å²) in [5, 5.41) is 9.72. The molecule has 0 radical (unpaired) electrons. The summed E-state index contributed by atoms with van der Waals surface area (Å²) in [5.74, 6) is 2.27. The van der Waals surface area contributed by atoms with Crippen LogP contribution in [0.2, 0.25) is 0 Å². The van der Waals surface area contributed by atoms with Crippen molar-refractivity contribution in [2.24, 2.45) is 17.8 Å². The van der Waals surface area contributed by atoms with Gasteiger partial charge in [0.15, 0.2) is 0 Å². The van der Waals surface area contributed by atoms with Gasteiger partial charge in [0.2, 0.25) is 5.91 Å². The maximum Gasteiger partial charge on any atom is 0.225 e. The van der Waals surface area contributed by atoms with Crippen molar-refractivity contribution in [2.45, 2.75) is 57.5 Å². The Morgan fingerprint density at radius 3 is 2.44 bits per heavy atom. The summed E-state index contributed by atoms with van der Waals surface area (Å²) >= 11 is 0. The molecule has 18 heavy (non-hydrogen) atoms. The van der Waals surface area contributed by atoms with Gasteiger partial charge in [-0.3, -0.25) is 4.79 Å². The van der Waals surface area contributed by atoms with Crippen LogP contribution >= 0.6 is 0 Å². The largest absolute Gasteiger partial charge is 0.386 e. The fourth-order valence-electron chi connectivity index (χ4n) is 4.29. The lowest BCUT2D eigenvalue weighted by Crippen LogP contribution is -2.63. The molecule has 3 nitrogen and oxygen atoms in total. The zero-order valence-electron chi connectivity index (χ0n) is 11.4. The lowest BCUT2D eigenvalue weighted by atomic mass is 9.67. The van der Waals surface area contributed by atoms with Crippen LogP contribution in [-0.4, -0.2) is 34.6 Å². The molecular formula is C15H25NO2. The first kappa shape index (κ1) is 12.5. The second-order valence-electron chi connectivity index (χ2n) is 7.01. The normalized spacial score (nSPS) is 38.8. The van der Waals surface area contributed by atoms with Crippen molar-refractivity contribution in [3.63, 3.8) is 0 Å². The van der Waals surface area contributed by atoms with Gasteiger partial charge in [-0.1, -0.05) is 25.7 Å². The Morgan fingerprint density at radius 1 is 1.11 bits per heavy atom. The summed E-state index contributed by atoms with van der Waals surface area (Å²) < 4.78 is 0. The van der Waals surface area contributed by atoms with E-state index in [1.54, 1.807) is 0 Å².